The minimum atomic E-state index is 0.385. The third-order valence-corrected chi connectivity index (χ3v) is 4.54. The van der Waals surface area contributed by atoms with Gasteiger partial charge in [-0.05, 0) is 32.1 Å². The summed E-state index contributed by atoms with van der Waals surface area (Å²) < 4.78 is 0. The zero-order valence-corrected chi connectivity index (χ0v) is 11.6. The van der Waals surface area contributed by atoms with Crippen LogP contribution < -0.4 is 5.73 Å². The summed E-state index contributed by atoms with van der Waals surface area (Å²) in [6.45, 7) is 11.9. The monoisotopic (exact) mass is 226 g/mol. The fourth-order valence-corrected chi connectivity index (χ4v) is 2.76. The lowest BCUT2D eigenvalue weighted by molar-refractivity contribution is 0.0290. The summed E-state index contributed by atoms with van der Waals surface area (Å²) in [5, 5.41) is 0. The molecule has 1 aliphatic rings. The van der Waals surface area contributed by atoms with Crippen molar-refractivity contribution in [2.24, 2.45) is 11.7 Å². The standard InChI is InChI=1S/C14H30N2/c1-5-6-9-14(4,12(2)3)16-10-7-13(15)8-11-16/h12-13H,5-11,15H2,1-4H3. The first-order chi connectivity index (χ1) is 7.50. The molecule has 2 N–H and O–H groups in total. The Morgan fingerprint density at radius 1 is 1.31 bits per heavy atom. The Kier molecular flexibility index (Phi) is 5.26. The van der Waals surface area contributed by atoms with Gasteiger partial charge in [0.1, 0.15) is 0 Å². The summed E-state index contributed by atoms with van der Waals surface area (Å²) in [4.78, 5) is 2.69. The predicted octanol–water partition coefficient (Wildman–Crippen LogP) is 3.01. The molecule has 96 valence electrons. The van der Waals surface area contributed by atoms with E-state index in [4.69, 9.17) is 5.73 Å². The lowest BCUT2D eigenvalue weighted by Crippen LogP contribution is -2.54. The van der Waals surface area contributed by atoms with Gasteiger partial charge in [-0.15, -0.1) is 0 Å². The number of likely N-dealkylation sites (tertiary alicyclic amines) is 1. The van der Waals surface area contributed by atoms with Crippen LogP contribution in [0.5, 0.6) is 0 Å². The predicted molar refractivity (Wildman–Crippen MR) is 71.6 cm³/mol. The zero-order chi connectivity index (χ0) is 12.2. The van der Waals surface area contributed by atoms with E-state index in [9.17, 15) is 0 Å². The van der Waals surface area contributed by atoms with Crippen molar-refractivity contribution in [1.29, 1.82) is 0 Å². The van der Waals surface area contributed by atoms with E-state index >= 15 is 0 Å². The highest BCUT2D eigenvalue weighted by Crippen LogP contribution is 2.32. The molecule has 2 nitrogen and oxygen atoms in total. The Morgan fingerprint density at radius 3 is 2.31 bits per heavy atom. The number of unbranched alkanes of at least 4 members (excludes halogenated alkanes) is 1. The van der Waals surface area contributed by atoms with Gasteiger partial charge in [0.15, 0.2) is 0 Å². The number of hydrogen-bond donors (Lipinski definition) is 1. The van der Waals surface area contributed by atoms with Gasteiger partial charge in [-0.3, -0.25) is 4.90 Å². The molecule has 1 unspecified atom stereocenters. The van der Waals surface area contributed by atoms with Gasteiger partial charge in [0.25, 0.3) is 0 Å². The molecule has 2 heteroatoms. The molecule has 1 aliphatic heterocycles. The molecule has 1 fully saturated rings. The summed E-state index contributed by atoms with van der Waals surface area (Å²) in [5.74, 6) is 0.730. The van der Waals surface area contributed by atoms with E-state index in [1.54, 1.807) is 0 Å². The molecule has 0 aromatic carbocycles. The van der Waals surface area contributed by atoms with E-state index in [0.29, 0.717) is 11.6 Å². The summed E-state index contributed by atoms with van der Waals surface area (Å²) in [6.07, 6.45) is 6.33. The molecular weight excluding hydrogens is 196 g/mol. The van der Waals surface area contributed by atoms with Crippen molar-refractivity contribution in [3.8, 4) is 0 Å². The molecule has 0 aliphatic carbocycles. The van der Waals surface area contributed by atoms with Crippen LogP contribution in [0, 0.1) is 5.92 Å². The Balaban J connectivity index is 2.61. The third-order valence-electron chi connectivity index (χ3n) is 4.54. The van der Waals surface area contributed by atoms with Crippen molar-refractivity contribution >= 4 is 0 Å². The van der Waals surface area contributed by atoms with Gasteiger partial charge in [-0.1, -0.05) is 33.6 Å². The molecule has 0 bridgehead atoms. The lowest BCUT2D eigenvalue weighted by atomic mass is 9.80. The van der Waals surface area contributed by atoms with E-state index in [2.05, 4.69) is 32.6 Å². The van der Waals surface area contributed by atoms with E-state index in [1.165, 1.54) is 45.2 Å². The van der Waals surface area contributed by atoms with E-state index in [-0.39, 0.29) is 0 Å². The molecule has 0 aromatic rings. The Hall–Kier alpha value is -0.0800. The highest BCUT2D eigenvalue weighted by atomic mass is 15.2. The fraction of sp³-hybridized carbons (Fsp3) is 1.00. The maximum Gasteiger partial charge on any atom is 0.0204 e. The number of nitrogens with zero attached hydrogens (tertiary/aromatic N) is 1. The second-order valence-corrected chi connectivity index (χ2v) is 5.94. The van der Waals surface area contributed by atoms with Gasteiger partial charge in [-0.25, -0.2) is 0 Å². The summed E-state index contributed by atoms with van der Waals surface area (Å²) in [6, 6.07) is 0.443. The van der Waals surface area contributed by atoms with Crippen molar-refractivity contribution in [3.05, 3.63) is 0 Å². The Bertz CT molecular complexity index is 195. The normalized spacial score (nSPS) is 23.6. The van der Waals surface area contributed by atoms with Crippen molar-refractivity contribution in [1.82, 2.24) is 4.90 Å². The van der Waals surface area contributed by atoms with Crippen LogP contribution in [-0.4, -0.2) is 29.6 Å². The van der Waals surface area contributed by atoms with Gasteiger partial charge in [-0.2, -0.15) is 0 Å². The maximum absolute atomic E-state index is 5.99. The minimum Gasteiger partial charge on any atom is -0.328 e. The first-order valence-electron chi connectivity index (χ1n) is 7.01. The van der Waals surface area contributed by atoms with Gasteiger partial charge in [0.05, 0.1) is 0 Å². The number of nitrogens with two attached hydrogens (primary N) is 1. The van der Waals surface area contributed by atoms with Gasteiger partial charge in [0, 0.05) is 24.7 Å². The van der Waals surface area contributed by atoms with Crippen LogP contribution in [0.3, 0.4) is 0 Å². The topological polar surface area (TPSA) is 29.3 Å². The van der Waals surface area contributed by atoms with Gasteiger partial charge in [0.2, 0.25) is 0 Å². The average molecular weight is 226 g/mol. The van der Waals surface area contributed by atoms with Crippen LogP contribution in [0.15, 0.2) is 0 Å². The highest BCUT2D eigenvalue weighted by molar-refractivity contribution is 4.92. The van der Waals surface area contributed by atoms with Crippen molar-refractivity contribution < 1.29 is 0 Å². The van der Waals surface area contributed by atoms with Crippen LogP contribution >= 0.6 is 0 Å². The number of hydrogen-bond acceptors (Lipinski definition) is 2. The van der Waals surface area contributed by atoms with Crippen LogP contribution in [0.4, 0.5) is 0 Å². The quantitative estimate of drug-likeness (QED) is 0.781. The second kappa shape index (κ2) is 6.02. The average Bonchev–Trinajstić information content (AvgIpc) is 2.26. The Labute approximate surface area is 102 Å². The number of piperidine rings is 1. The van der Waals surface area contributed by atoms with Gasteiger partial charge < -0.3 is 5.73 Å². The maximum atomic E-state index is 5.99. The van der Waals surface area contributed by atoms with Crippen LogP contribution in [0.25, 0.3) is 0 Å². The fourth-order valence-electron chi connectivity index (χ4n) is 2.76. The molecule has 0 aromatic heterocycles. The minimum absolute atomic E-state index is 0.385. The third kappa shape index (κ3) is 3.21. The first-order valence-corrected chi connectivity index (χ1v) is 7.01. The molecule has 0 radical (unpaired) electrons. The summed E-state index contributed by atoms with van der Waals surface area (Å²) in [5.41, 5.74) is 6.37. The zero-order valence-electron chi connectivity index (χ0n) is 11.6. The SMILES string of the molecule is CCCCC(C)(C(C)C)N1CCC(N)CC1. The highest BCUT2D eigenvalue weighted by Gasteiger charge is 2.35. The van der Waals surface area contributed by atoms with E-state index in [0.717, 1.165) is 5.92 Å². The molecule has 1 saturated heterocycles. The largest absolute Gasteiger partial charge is 0.328 e. The molecular formula is C14H30N2. The summed E-state index contributed by atoms with van der Waals surface area (Å²) >= 11 is 0. The second-order valence-electron chi connectivity index (χ2n) is 5.94. The molecule has 1 heterocycles. The van der Waals surface area contributed by atoms with Gasteiger partial charge >= 0.3 is 0 Å². The molecule has 1 rings (SSSR count). The molecule has 1 atom stereocenters. The number of rotatable bonds is 5. The van der Waals surface area contributed by atoms with E-state index < -0.39 is 0 Å². The molecule has 0 saturated carbocycles. The van der Waals surface area contributed by atoms with Crippen molar-refractivity contribution in [2.45, 2.75) is 71.4 Å². The van der Waals surface area contributed by atoms with Crippen LogP contribution in [-0.2, 0) is 0 Å². The Morgan fingerprint density at radius 2 is 1.88 bits per heavy atom. The smallest absolute Gasteiger partial charge is 0.0204 e. The molecule has 0 amide bonds. The first kappa shape index (κ1) is 14.0. The van der Waals surface area contributed by atoms with E-state index in [1.807, 2.05) is 0 Å². The molecule has 16 heavy (non-hydrogen) atoms. The van der Waals surface area contributed by atoms with Crippen LogP contribution in [0.2, 0.25) is 0 Å². The lowest BCUT2D eigenvalue weighted by Gasteiger charge is -2.47. The van der Waals surface area contributed by atoms with Crippen molar-refractivity contribution in [3.63, 3.8) is 0 Å². The van der Waals surface area contributed by atoms with Crippen LogP contribution in [0.1, 0.15) is 59.8 Å². The summed E-state index contributed by atoms with van der Waals surface area (Å²) in [7, 11) is 0. The van der Waals surface area contributed by atoms with Crippen molar-refractivity contribution in [2.75, 3.05) is 13.1 Å². The molecule has 0 spiro atoms.